The number of amides is 1. The predicted molar refractivity (Wildman–Crippen MR) is 84.0 cm³/mol. The molecule has 0 radical (unpaired) electrons. The summed E-state index contributed by atoms with van der Waals surface area (Å²) in [5, 5.41) is 8.45. The number of thiophene rings is 1. The number of nitrogens with one attached hydrogen (secondary N) is 2. The first kappa shape index (κ1) is 16.0. The normalized spacial score (nSPS) is 14.3. The number of esters is 1. The summed E-state index contributed by atoms with van der Waals surface area (Å²) in [6.07, 6.45) is 2.21. The molecule has 0 saturated heterocycles. The second-order valence-electron chi connectivity index (χ2n) is 5.47. The fraction of sp³-hybridized carbons (Fsp3) is 0.600. The monoisotopic (exact) mass is 310 g/mol. The van der Waals surface area contributed by atoms with Gasteiger partial charge in [0.15, 0.2) is 0 Å². The predicted octanol–water partition coefficient (Wildman–Crippen LogP) is 2.74. The fourth-order valence-corrected chi connectivity index (χ4v) is 3.09. The number of carbonyl (C=O) groups is 2. The summed E-state index contributed by atoms with van der Waals surface area (Å²) in [4.78, 5) is 24.1. The molecule has 21 heavy (non-hydrogen) atoms. The van der Waals surface area contributed by atoms with Crippen LogP contribution >= 0.6 is 11.3 Å². The highest BCUT2D eigenvalue weighted by molar-refractivity contribution is 7.15. The molecule has 1 heterocycles. The molecule has 0 spiro atoms. The Hall–Kier alpha value is -1.40. The summed E-state index contributed by atoms with van der Waals surface area (Å²) in [6.45, 7) is 6.31. The molecule has 1 aliphatic carbocycles. The first-order valence-electron chi connectivity index (χ1n) is 7.34. The van der Waals surface area contributed by atoms with Crippen molar-refractivity contribution in [3.8, 4) is 0 Å². The summed E-state index contributed by atoms with van der Waals surface area (Å²) in [5.41, 5.74) is 1.56. The maximum Gasteiger partial charge on any atom is 0.341 e. The van der Waals surface area contributed by atoms with Crippen molar-refractivity contribution in [3.63, 3.8) is 0 Å². The zero-order valence-corrected chi connectivity index (χ0v) is 13.5. The fourth-order valence-electron chi connectivity index (χ4n) is 2.04. The highest BCUT2D eigenvalue weighted by atomic mass is 32.1. The van der Waals surface area contributed by atoms with E-state index in [0.717, 1.165) is 18.4 Å². The average Bonchev–Trinajstić information content (AvgIpc) is 3.18. The maximum atomic E-state index is 12.1. The largest absolute Gasteiger partial charge is 0.462 e. The minimum Gasteiger partial charge on any atom is -0.462 e. The first-order valence-corrected chi connectivity index (χ1v) is 8.22. The van der Waals surface area contributed by atoms with Crippen LogP contribution in [0, 0.1) is 0 Å². The summed E-state index contributed by atoms with van der Waals surface area (Å²) in [5.74, 6) is -0.0358. The van der Waals surface area contributed by atoms with Crippen LogP contribution in [0.25, 0.3) is 0 Å². The Bertz CT molecular complexity index is 521. The van der Waals surface area contributed by atoms with Crippen molar-refractivity contribution in [1.82, 2.24) is 5.32 Å². The van der Waals surface area contributed by atoms with E-state index in [4.69, 9.17) is 4.74 Å². The van der Waals surface area contributed by atoms with E-state index in [1.54, 1.807) is 6.92 Å². The molecule has 116 valence electrons. The van der Waals surface area contributed by atoms with Gasteiger partial charge in [0.05, 0.1) is 18.7 Å². The van der Waals surface area contributed by atoms with Gasteiger partial charge >= 0.3 is 5.97 Å². The van der Waals surface area contributed by atoms with Crippen molar-refractivity contribution in [2.75, 3.05) is 18.5 Å². The molecule has 1 aromatic heterocycles. The third kappa shape index (κ3) is 4.28. The Morgan fingerprint density at radius 2 is 2.14 bits per heavy atom. The zero-order chi connectivity index (χ0) is 15.4. The minimum absolute atomic E-state index is 0.140. The molecule has 5 nitrogen and oxygen atoms in total. The number of rotatable bonds is 7. The lowest BCUT2D eigenvalue weighted by atomic mass is 10.1. The van der Waals surface area contributed by atoms with Gasteiger partial charge in [-0.05, 0) is 36.6 Å². The number of anilines is 1. The quantitative estimate of drug-likeness (QED) is 0.760. The Kier molecular flexibility index (Phi) is 5.36. The molecule has 1 aromatic rings. The van der Waals surface area contributed by atoms with Gasteiger partial charge in [-0.3, -0.25) is 4.79 Å². The third-order valence-corrected chi connectivity index (χ3v) is 4.15. The van der Waals surface area contributed by atoms with Crippen LogP contribution < -0.4 is 10.6 Å². The third-order valence-electron chi connectivity index (χ3n) is 3.24. The van der Waals surface area contributed by atoms with E-state index < -0.39 is 0 Å². The minimum atomic E-state index is -0.340. The van der Waals surface area contributed by atoms with Gasteiger partial charge in [-0.25, -0.2) is 4.79 Å². The van der Waals surface area contributed by atoms with Gasteiger partial charge in [0.2, 0.25) is 5.91 Å². The SMILES string of the molecule is CCOC(=O)c1c(C2CC2)csc1NC(=O)CNC(C)C. The van der Waals surface area contributed by atoms with Gasteiger partial charge < -0.3 is 15.4 Å². The number of carbonyl (C=O) groups excluding carboxylic acids is 2. The van der Waals surface area contributed by atoms with E-state index >= 15 is 0 Å². The summed E-state index contributed by atoms with van der Waals surface area (Å²) in [7, 11) is 0. The molecule has 0 atom stereocenters. The van der Waals surface area contributed by atoms with Crippen molar-refractivity contribution in [2.24, 2.45) is 0 Å². The number of hydrogen-bond donors (Lipinski definition) is 2. The lowest BCUT2D eigenvalue weighted by Gasteiger charge is -2.10. The Morgan fingerprint density at radius 1 is 1.43 bits per heavy atom. The molecule has 1 aliphatic rings. The van der Waals surface area contributed by atoms with Crippen molar-refractivity contribution < 1.29 is 14.3 Å². The van der Waals surface area contributed by atoms with Crippen LogP contribution in [0.5, 0.6) is 0 Å². The highest BCUT2D eigenvalue weighted by Gasteiger charge is 2.32. The number of hydrogen-bond acceptors (Lipinski definition) is 5. The molecule has 0 aliphatic heterocycles. The maximum absolute atomic E-state index is 12.1. The van der Waals surface area contributed by atoms with Crippen molar-refractivity contribution in [3.05, 3.63) is 16.5 Å². The van der Waals surface area contributed by atoms with Crippen LogP contribution in [0.3, 0.4) is 0 Å². The smallest absolute Gasteiger partial charge is 0.341 e. The summed E-state index contributed by atoms with van der Waals surface area (Å²) in [6, 6.07) is 0.241. The molecule has 0 bridgehead atoms. The average molecular weight is 310 g/mol. The van der Waals surface area contributed by atoms with Gasteiger partial charge in [-0.1, -0.05) is 13.8 Å². The Balaban J connectivity index is 2.11. The van der Waals surface area contributed by atoms with Crippen molar-refractivity contribution in [2.45, 2.75) is 45.6 Å². The van der Waals surface area contributed by atoms with Crippen molar-refractivity contribution in [1.29, 1.82) is 0 Å². The second kappa shape index (κ2) is 7.04. The van der Waals surface area contributed by atoms with Crippen molar-refractivity contribution >= 4 is 28.2 Å². The van der Waals surface area contributed by atoms with Gasteiger partial charge in [0.1, 0.15) is 5.00 Å². The second-order valence-corrected chi connectivity index (χ2v) is 6.35. The molecule has 2 N–H and O–H groups in total. The van der Waals surface area contributed by atoms with Gasteiger partial charge in [-0.2, -0.15) is 0 Å². The van der Waals surface area contributed by atoms with Crippen LogP contribution in [0.2, 0.25) is 0 Å². The van der Waals surface area contributed by atoms with Crippen LogP contribution in [-0.2, 0) is 9.53 Å². The molecule has 1 saturated carbocycles. The van der Waals surface area contributed by atoms with Gasteiger partial charge in [-0.15, -0.1) is 11.3 Å². The lowest BCUT2D eigenvalue weighted by Crippen LogP contribution is -2.32. The first-order chi connectivity index (χ1) is 10.0. The number of ether oxygens (including phenoxy) is 1. The molecule has 0 aromatic carbocycles. The zero-order valence-electron chi connectivity index (χ0n) is 12.7. The summed E-state index contributed by atoms with van der Waals surface area (Å²) < 4.78 is 5.13. The lowest BCUT2D eigenvalue weighted by molar-refractivity contribution is -0.115. The van der Waals surface area contributed by atoms with E-state index in [-0.39, 0.29) is 24.5 Å². The Morgan fingerprint density at radius 3 is 2.71 bits per heavy atom. The summed E-state index contributed by atoms with van der Waals surface area (Å²) >= 11 is 1.40. The van der Waals surface area contributed by atoms with Crippen LogP contribution in [0.1, 0.15) is 55.5 Å². The molecule has 2 rings (SSSR count). The molecular weight excluding hydrogens is 288 g/mol. The topological polar surface area (TPSA) is 67.4 Å². The van der Waals surface area contributed by atoms with Crippen LogP contribution in [-0.4, -0.2) is 31.1 Å². The van der Waals surface area contributed by atoms with E-state index in [9.17, 15) is 9.59 Å². The van der Waals surface area contributed by atoms with E-state index in [1.807, 2.05) is 19.2 Å². The molecule has 1 amide bonds. The van der Waals surface area contributed by atoms with E-state index in [2.05, 4.69) is 10.6 Å². The van der Waals surface area contributed by atoms with Crippen LogP contribution in [0.4, 0.5) is 5.00 Å². The molecular formula is C15H22N2O3S. The van der Waals surface area contributed by atoms with Gasteiger partial charge in [0.25, 0.3) is 0 Å². The molecule has 0 unspecified atom stereocenters. The van der Waals surface area contributed by atoms with E-state index in [0.29, 0.717) is 23.1 Å². The Labute approximate surface area is 129 Å². The van der Waals surface area contributed by atoms with E-state index in [1.165, 1.54) is 11.3 Å². The molecule has 1 fully saturated rings. The van der Waals surface area contributed by atoms with Gasteiger partial charge in [0, 0.05) is 6.04 Å². The molecule has 6 heteroatoms. The highest BCUT2D eigenvalue weighted by Crippen LogP contribution is 2.46. The standard InChI is InChI=1S/C15H22N2O3S/c1-4-20-15(19)13-11(10-5-6-10)8-21-14(13)17-12(18)7-16-9(2)3/h8-10,16H,4-7H2,1-3H3,(H,17,18). The van der Waals surface area contributed by atoms with Crippen LogP contribution in [0.15, 0.2) is 5.38 Å².